The third kappa shape index (κ3) is 7.59. The lowest BCUT2D eigenvalue weighted by Gasteiger charge is -2.26. The summed E-state index contributed by atoms with van der Waals surface area (Å²) in [6.45, 7) is 7.02. The van der Waals surface area contributed by atoms with Gasteiger partial charge in [-0.25, -0.2) is 0 Å². The van der Waals surface area contributed by atoms with E-state index in [0.29, 0.717) is 0 Å². The van der Waals surface area contributed by atoms with E-state index in [-0.39, 0.29) is 0 Å². The van der Waals surface area contributed by atoms with Crippen molar-refractivity contribution in [2.75, 3.05) is 24.6 Å². The van der Waals surface area contributed by atoms with E-state index in [9.17, 15) is 0 Å². The molecule has 1 rings (SSSR count). The second-order valence-corrected chi connectivity index (χ2v) is 11.0. The summed E-state index contributed by atoms with van der Waals surface area (Å²) in [5, 5.41) is 0. The summed E-state index contributed by atoms with van der Waals surface area (Å²) in [7, 11) is -0.769. The lowest BCUT2D eigenvalue weighted by Crippen LogP contribution is -2.11. The molecule has 0 aromatic heterocycles. The van der Waals surface area contributed by atoms with Gasteiger partial charge in [-0.15, -0.1) is 0 Å². The van der Waals surface area contributed by atoms with E-state index in [0.717, 1.165) is 0 Å². The van der Waals surface area contributed by atoms with Crippen molar-refractivity contribution < 1.29 is 0 Å². The molecule has 0 spiro atoms. The van der Waals surface area contributed by atoms with Crippen molar-refractivity contribution in [1.29, 1.82) is 0 Å². The molecular weight excluding hydrogens is 283 g/mol. The van der Waals surface area contributed by atoms with E-state index in [2.05, 4.69) is 63.3 Å². The van der Waals surface area contributed by atoms with Crippen LogP contribution in [0.3, 0.4) is 0 Å². The average molecular weight is 319 g/mol. The Bertz CT molecular complexity index is 372. The molecule has 0 aliphatic heterocycles. The molecule has 0 aliphatic rings. The van der Waals surface area contributed by atoms with Crippen LogP contribution in [0.25, 0.3) is 6.08 Å². The van der Waals surface area contributed by atoms with Gasteiger partial charge in [-0.2, -0.15) is 0 Å². The molecule has 0 bridgehead atoms. The molecular formula is C21H36P+. The van der Waals surface area contributed by atoms with Crippen molar-refractivity contribution in [2.45, 2.75) is 59.3 Å². The minimum absolute atomic E-state index is 0.769. The Morgan fingerprint density at radius 3 is 1.73 bits per heavy atom. The zero-order valence-corrected chi connectivity index (χ0v) is 16.0. The molecule has 0 aliphatic carbocycles. The van der Waals surface area contributed by atoms with Crippen LogP contribution in [0.1, 0.15) is 64.9 Å². The lowest BCUT2D eigenvalue weighted by molar-refractivity contribution is 0.836. The average Bonchev–Trinajstić information content (AvgIpc) is 2.57. The fraction of sp³-hybridized carbons (Fsp3) is 0.619. The maximum atomic E-state index is 2.49. The summed E-state index contributed by atoms with van der Waals surface area (Å²) in [6.07, 6.45) is 19.1. The molecule has 0 nitrogen and oxygen atoms in total. The third-order valence-electron chi connectivity index (χ3n) is 4.56. The topological polar surface area (TPSA) is 0 Å². The van der Waals surface area contributed by atoms with Crippen LogP contribution in [0.5, 0.6) is 0 Å². The van der Waals surface area contributed by atoms with E-state index in [1.54, 1.807) is 0 Å². The minimum Gasteiger partial charge on any atom is -0.0652 e. The van der Waals surface area contributed by atoms with Crippen molar-refractivity contribution >= 4 is 13.3 Å². The Hall–Kier alpha value is -0.610. The highest BCUT2D eigenvalue weighted by atomic mass is 31.2. The van der Waals surface area contributed by atoms with Gasteiger partial charge >= 0.3 is 0 Å². The van der Waals surface area contributed by atoms with Crippen molar-refractivity contribution in [3.8, 4) is 0 Å². The molecule has 22 heavy (non-hydrogen) atoms. The minimum atomic E-state index is -0.769. The second kappa shape index (κ2) is 11.9. The van der Waals surface area contributed by atoms with Gasteiger partial charge < -0.3 is 0 Å². The Morgan fingerprint density at radius 2 is 1.27 bits per heavy atom. The van der Waals surface area contributed by atoms with Gasteiger partial charge in [-0.05, 0) is 30.9 Å². The molecule has 0 unspecified atom stereocenters. The van der Waals surface area contributed by atoms with E-state index < -0.39 is 7.26 Å². The zero-order valence-electron chi connectivity index (χ0n) is 15.1. The van der Waals surface area contributed by atoms with Crippen LogP contribution < -0.4 is 0 Å². The predicted molar refractivity (Wildman–Crippen MR) is 107 cm³/mol. The molecule has 0 fully saturated rings. The molecule has 0 N–H and O–H groups in total. The lowest BCUT2D eigenvalue weighted by atomic mass is 10.2. The van der Waals surface area contributed by atoms with Crippen LogP contribution in [0.15, 0.2) is 36.4 Å². The summed E-state index contributed by atoms with van der Waals surface area (Å²) in [5.41, 5.74) is 1.35. The van der Waals surface area contributed by atoms with Crippen LogP contribution in [-0.4, -0.2) is 24.6 Å². The van der Waals surface area contributed by atoms with Crippen LogP contribution in [0, 0.1) is 0 Å². The van der Waals surface area contributed by atoms with Crippen LogP contribution in [-0.2, 0) is 0 Å². The van der Waals surface area contributed by atoms with Crippen molar-refractivity contribution in [3.05, 3.63) is 42.0 Å². The Labute approximate surface area is 139 Å². The highest BCUT2D eigenvalue weighted by Gasteiger charge is 2.33. The highest BCUT2D eigenvalue weighted by Crippen LogP contribution is 2.60. The number of hydrogen-bond donors (Lipinski definition) is 0. The quantitative estimate of drug-likeness (QED) is 0.360. The van der Waals surface area contributed by atoms with Gasteiger partial charge in [-0.1, -0.05) is 76.4 Å². The summed E-state index contributed by atoms with van der Waals surface area (Å²) < 4.78 is 0. The van der Waals surface area contributed by atoms with Crippen molar-refractivity contribution in [2.24, 2.45) is 0 Å². The van der Waals surface area contributed by atoms with Crippen LogP contribution in [0.2, 0.25) is 0 Å². The highest BCUT2D eigenvalue weighted by molar-refractivity contribution is 7.76. The summed E-state index contributed by atoms with van der Waals surface area (Å²) in [6, 6.07) is 10.8. The maximum absolute atomic E-state index is 2.49. The van der Waals surface area contributed by atoms with Gasteiger partial charge in [0, 0.05) is 7.26 Å². The van der Waals surface area contributed by atoms with Gasteiger partial charge in [0.05, 0.1) is 24.6 Å². The third-order valence-corrected chi connectivity index (χ3v) is 9.34. The molecule has 1 heteroatoms. The molecule has 1 aromatic carbocycles. The fourth-order valence-corrected chi connectivity index (χ4v) is 7.80. The van der Waals surface area contributed by atoms with Crippen LogP contribution in [0.4, 0.5) is 0 Å². The van der Waals surface area contributed by atoms with Crippen molar-refractivity contribution in [3.63, 3.8) is 0 Å². The van der Waals surface area contributed by atoms with Gasteiger partial charge in [0.1, 0.15) is 0 Å². The Kier molecular flexibility index (Phi) is 10.5. The Morgan fingerprint density at radius 1 is 0.773 bits per heavy atom. The number of hydrogen-bond acceptors (Lipinski definition) is 0. The van der Waals surface area contributed by atoms with Gasteiger partial charge in [0.25, 0.3) is 0 Å². The van der Waals surface area contributed by atoms with E-state index in [1.165, 1.54) is 68.7 Å². The van der Waals surface area contributed by atoms with Crippen LogP contribution >= 0.6 is 7.26 Å². The molecule has 0 saturated heterocycles. The maximum Gasteiger partial charge on any atom is 0.0776 e. The van der Waals surface area contributed by atoms with Gasteiger partial charge in [0.2, 0.25) is 0 Å². The van der Waals surface area contributed by atoms with E-state index in [1.807, 2.05) is 0 Å². The fourth-order valence-electron chi connectivity index (χ4n) is 3.07. The summed E-state index contributed by atoms with van der Waals surface area (Å²) in [5.74, 6) is 0. The standard InChI is InChI=1S/C21H36P/c1-4-7-17-22(18-8-5-2,19-9-6-3)20-13-16-21-14-11-10-12-15-21/h10-16H,4-9,17-20H2,1-3H3/q+1/b16-13+. The number of allylic oxidation sites excluding steroid dienone is 1. The van der Waals surface area contributed by atoms with Crippen molar-refractivity contribution in [1.82, 2.24) is 0 Å². The summed E-state index contributed by atoms with van der Waals surface area (Å²) >= 11 is 0. The Balaban J connectivity index is 2.73. The molecule has 1 aromatic rings. The van der Waals surface area contributed by atoms with Gasteiger partial charge in [0.15, 0.2) is 0 Å². The van der Waals surface area contributed by atoms with Gasteiger partial charge in [-0.3, -0.25) is 0 Å². The molecule has 0 atom stereocenters. The first-order chi connectivity index (χ1) is 10.8. The molecule has 0 amide bonds. The predicted octanol–water partition coefficient (Wildman–Crippen LogP) is 7.12. The summed E-state index contributed by atoms with van der Waals surface area (Å²) in [4.78, 5) is 0. The zero-order chi connectivity index (χ0) is 16.1. The molecule has 0 saturated carbocycles. The molecule has 0 heterocycles. The second-order valence-electron chi connectivity index (χ2n) is 6.57. The first-order valence-electron chi connectivity index (χ1n) is 9.33. The molecule has 124 valence electrons. The first-order valence-corrected chi connectivity index (χ1v) is 11.9. The largest absolute Gasteiger partial charge is 0.0776 e. The molecule has 0 radical (unpaired) electrons. The number of benzene rings is 1. The van der Waals surface area contributed by atoms with E-state index >= 15 is 0 Å². The number of unbranched alkanes of at least 4 members (excludes halogenated alkanes) is 3. The normalized spacial score (nSPS) is 12.1. The van der Waals surface area contributed by atoms with E-state index in [4.69, 9.17) is 0 Å². The first kappa shape index (κ1) is 19.4. The smallest absolute Gasteiger partial charge is 0.0652 e. The monoisotopic (exact) mass is 319 g/mol. The SMILES string of the molecule is CCCC[P+](C/C=C/c1ccccc1)(CCCC)CCCC. The number of rotatable bonds is 12.